The van der Waals surface area contributed by atoms with Crippen LogP contribution < -0.4 is 19.5 Å². The molecule has 32 heavy (non-hydrogen) atoms. The molecule has 0 spiro atoms. The topological polar surface area (TPSA) is 93.7 Å². The molecule has 0 saturated carbocycles. The van der Waals surface area contributed by atoms with E-state index in [0.29, 0.717) is 11.5 Å². The third-order valence-electron chi connectivity index (χ3n) is 4.51. The number of aryl methyl sites for hydroxylation is 1. The predicted molar refractivity (Wildman–Crippen MR) is 124 cm³/mol. The quantitative estimate of drug-likeness (QED) is 0.452. The molecule has 3 rings (SSSR count). The van der Waals surface area contributed by atoms with E-state index in [0.717, 1.165) is 5.56 Å². The molecule has 0 fully saturated rings. The van der Waals surface area contributed by atoms with Crippen LogP contribution in [-0.2, 0) is 10.0 Å². The van der Waals surface area contributed by atoms with Gasteiger partial charge in [-0.25, -0.2) is 8.42 Å². The lowest BCUT2D eigenvalue weighted by Gasteiger charge is -2.13. The first-order valence-corrected chi connectivity index (χ1v) is 11.6. The van der Waals surface area contributed by atoms with Crippen LogP contribution in [-0.4, -0.2) is 34.6 Å². The van der Waals surface area contributed by atoms with Crippen LogP contribution in [0.3, 0.4) is 0 Å². The van der Waals surface area contributed by atoms with Crippen LogP contribution in [0.1, 0.15) is 15.9 Å². The van der Waals surface area contributed by atoms with Gasteiger partial charge in [0.2, 0.25) is 0 Å². The molecule has 168 valence electrons. The van der Waals surface area contributed by atoms with E-state index in [4.69, 9.17) is 21.1 Å². The van der Waals surface area contributed by atoms with E-state index in [1.54, 1.807) is 31.4 Å². The number of hydrogen-bond acceptors (Lipinski definition) is 5. The molecule has 9 heteroatoms. The first kappa shape index (κ1) is 23.4. The summed E-state index contributed by atoms with van der Waals surface area (Å²) < 4.78 is 38.5. The lowest BCUT2D eigenvalue weighted by atomic mass is 10.2. The summed E-state index contributed by atoms with van der Waals surface area (Å²) in [5.74, 6) is 0.709. The Balaban J connectivity index is 1.63. The molecule has 0 heterocycles. The van der Waals surface area contributed by atoms with Crippen molar-refractivity contribution < 1.29 is 22.7 Å². The van der Waals surface area contributed by atoms with Crippen LogP contribution >= 0.6 is 11.6 Å². The second kappa shape index (κ2) is 10.4. The lowest BCUT2D eigenvalue weighted by Crippen LogP contribution is -2.28. The number of amides is 1. The van der Waals surface area contributed by atoms with Crippen LogP contribution in [0, 0.1) is 6.92 Å². The van der Waals surface area contributed by atoms with Crippen LogP contribution in [0.2, 0.25) is 5.02 Å². The largest absolute Gasteiger partial charge is 0.493 e. The fourth-order valence-corrected chi connectivity index (χ4v) is 4.11. The third-order valence-corrected chi connectivity index (χ3v) is 6.24. The zero-order valence-corrected chi connectivity index (χ0v) is 19.2. The molecule has 2 N–H and O–H groups in total. The molecule has 3 aromatic carbocycles. The Morgan fingerprint density at radius 3 is 2.38 bits per heavy atom. The Kier molecular flexibility index (Phi) is 7.61. The number of carbonyl (C=O) groups excluding carboxylic acids is 1. The number of methoxy groups -OCH3 is 1. The minimum atomic E-state index is -3.80. The molecule has 0 saturated heterocycles. The maximum absolute atomic E-state index is 12.6. The standard InChI is InChI=1S/C23H23ClN2O5S/c1-16-7-10-18(11-8-16)32(28,29)26-17-9-12-20(24)19(15-17)23(27)25-13-14-31-22-6-4-3-5-21(22)30-2/h3-12,15,26H,13-14H2,1-2H3,(H,25,27). The molecule has 7 nitrogen and oxygen atoms in total. The maximum Gasteiger partial charge on any atom is 0.261 e. The molecular weight excluding hydrogens is 452 g/mol. The summed E-state index contributed by atoms with van der Waals surface area (Å²) in [7, 11) is -2.25. The highest BCUT2D eigenvalue weighted by atomic mass is 35.5. The van der Waals surface area contributed by atoms with Gasteiger partial charge in [-0.3, -0.25) is 9.52 Å². The van der Waals surface area contributed by atoms with Gasteiger partial charge in [-0.15, -0.1) is 0 Å². The van der Waals surface area contributed by atoms with E-state index in [9.17, 15) is 13.2 Å². The summed E-state index contributed by atoms with van der Waals surface area (Å²) in [6, 6.07) is 18.0. The Bertz CT molecular complexity index is 1200. The lowest BCUT2D eigenvalue weighted by molar-refractivity contribution is 0.0947. The van der Waals surface area contributed by atoms with Crippen molar-refractivity contribution in [3.8, 4) is 11.5 Å². The number of benzene rings is 3. The first-order valence-electron chi connectivity index (χ1n) is 9.73. The van der Waals surface area contributed by atoms with E-state index < -0.39 is 15.9 Å². The fourth-order valence-electron chi connectivity index (χ4n) is 2.85. The van der Waals surface area contributed by atoms with E-state index in [1.165, 1.54) is 30.3 Å². The van der Waals surface area contributed by atoms with Crippen molar-refractivity contribution in [1.82, 2.24) is 5.32 Å². The molecule has 0 aromatic heterocycles. The third kappa shape index (κ3) is 5.93. The molecule has 0 aliphatic rings. The fraction of sp³-hybridized carbons (Fsp3) is 0.174. The highest BCUT2D eigenvalue weighted by molar-refractivity contribution is 7.92. The van der Waals surface area contributed by atoms with Gasteiger partial charge in [0, 0.05) is 5.69 Å². The number of para-hydroxylation sites is 2. The Morgan fingerprint density at radius 1 is 1.00 bits per heavy atom. The molecule has 0 unspecified atom stereocenters. The van der Waals surface area contributed by atoms with Crippen LogP contribution in [0.5, 0.6) is 11.5 Å². The average Bonchev–Trinajstić information content (AvgIpc) is 2.78. The summed E-state index contributed by atoms with van der Waals surface area (Å²) >= 11 is 6.16. The van der Waals surface area contributed by atoms with E-state index in [2.05, 4.69) is 10.0 Å². The number of rotatable bonds is 9. The summed E-state index contributed by atoms with van der Waals surface area (Å²) in [6.45, 7) is 2.30. The predicted octanol–water partition coefficient (Wildman–Crippen LogP) is 4.27. The molecule has 3 aromatic rings. The smallest absolute Gasteiger partial charge is 0.261 e. The van der Waals surface area contributed by atoms with Crippen LogP contribution in [0.4, 0.5) is 5.69 Å². The van der Waals surface area contributed by atoms with Gasteiger partial charge in [0.05, 0.1) is 29.1 Å². The number of ether oxygens (including phenoxy) is 2. The van der Waals surface area contributed by atoms with Gasteiger partial charge < -0.3 is 14.8 Å². The van der Waals surface area contributed by atoms with Gasteiger partial charge in [0.15, 0.2) is 11.5 Å². The highest BCUT2D eigenvalue weighted by Gasteiger charge is 2.17. The van der Waals surface area contributed by atoms with Gasteiger partial charge in [-0.05, 0) is 49.4 Å². The summed E-state index contributed by atoms with van der Waals surface area (Å²) in [4.78, 5) is 12.7. The van der Waals surface area contributed by atoms with Crippen molar-refractivity contribution >= 4 is 33.2 Å². The van der Waals surface area contributed by atoms with E-state index in [-0.39, 0.29) is 34.3 Å². The number of halogens is 1. The monoisotopic (exact) mass is 474 g/mol. The SMILES string of the molecule is COc1ccccc1OCCNC(=O)c1cc(NS(=O)(=O)c2ccc(C)cc2)ccc1Cl. The average molecular weight is 475 g/mol. The molecular formula is C23H23ClN2O5S. The molecule has 1 amide bonds. The first-order chi connectivity index (χ1) is 15.3. The van der Waals surface area contributed by atoms with Crippen molar-refractivity contribution in [1.29, 1.82) is 0 Å². The molecule has 0 aliphatic heterocycles. The van der Waals surface area contributed by atoms with E-state index in [1.807, 2.05) is 19.1 Å². The summed E-state index contributed by atoms with van der Waals surface area (Å²) in [5, 5.41) is 2.91. The van der Waals surface area contributed by atoms with Gasteiger partial charge in [0.1, 0.15) is 6.61 Å². The normalized spacial score (nSPS) is 11.0. The van der Waals surface area contributed by atoms with E-state index >= 15 is 0 Å². The second-order valence-corrected chi connectivity index (χ2v) is 8.96. The number of sulfonamides is 1. The van der Waals surface area contributed by atoms with Crippen molar-refractivity contribution in [2.24, 2.45) is 0 Å². The Labute approximate surface area is 192 Å². The van der Waals surface area contributed by atoms with Crippen molar-refractivity contribution in [2.45, 2.75) is 11.8 Å². The summed E-state index contributed by atoms with van der Waals surface area (Å²) in [6.07, 6.45) is 0. The molecule has 0 aliphatic carbocycles. The van der Waals surface area contributed by atoms with Gasteiger partial charge in [0.25, 0.3) is 15.9 Å². The number of anilines is 1. The van der Waals surface area contributed by atoms with Crippen molar-refractivity contribution in [3.05, 3.63) is 82.9 Å². The van der Waals surface area contributed by atoms with Gasteiger partial charge in [-0.2, -0.15) is 0 Å². The van der Waals surface area contributed by atoms with Gasteiger partial charge >= 0.3 is 0 Å². The number of carbonyl (C=O) groups is 1. The highest BCUT2D eigenvalue weighted by Crippen LogP contribution is 2.26. The minimum Gasteiger partial charge on any atom is -0.493 e. The maximum atomic E-state index is 12.6. The molecule has 0 bridgehead atoms. The number of hydrogen-bond donors (Lipinski definition) is 2. The Hall–Kier alpha value is -3.23. The van der Waals surface area contributed by atoms with Crippen LogP contribution in [0.25, 0.3) is 0 Å². The zero-order valence-electron chi connectivity index (χ0n) is 17.6. The second-order valence-electron chi connectivity index (χ2n) is 6.87. The van der Waals surface area contributed by atoms with Crippen molar-refractivity contribution in [2.75, 3.05) is 25.0 Å². The number of nitrogens with one attached hydrogen (secondary N) is 2. The van der Waals surface area contributed by atoms with Crippen molar-refractivity contribution in [3.63, 3.8) is 0 Å². The molecule has 0 atom stereocenters. The Morgan fingerprint density at radius 2 is 1.69 bits per heavy atom. The minimum absolute atomic E-state index is 0.123. The van der Waals surface area contributed by atoms with Gasteiger partial charge in [-0.1, -0.05) is 41.4 Å². The molecule has 0 radical (unpaired) electrons. The summed E-state index contributed by atoms with van der Waals surface area (Å²) in [5.41, 5.74) is 1.32. The zero-order chi connectivity index (χ0) is 23.1. The van der Waals surface area contributed by atoms with Crippen LogP contribution in [0.15, 0.2) is 71.6 Å².